The van der Waals surface area contributed by atoms with E-state index in [2.05, 4.69) is 19.9 Å². The fourth-order valence-electron chi connectivity index (χ4n) is 5.31. The van der Waals surface area contributed by atoms with Gasteiger partial charge in [0.1, 0.15) is 0 Å². The Hall–Kier alpha value is -0.790. The molecule has 0 spiro atoms. The van der Waals surface area contributed by atoms with E-state index in [1.807, 2.05) is 0 Å². The lowest BCUT2D eigenvalue weighted by Gasteiger charge is -2.65. The van der Waals surface area contributed by atoms with Crippen LogP contribution in [-0.4, -0.2) is 11.1 Å². The summed E-state index contributed by atoms with van der Waals surface area (Å²) in [7, 11) is 0. The molecule has 4 aliphatic carbocycles. The first kappa shape index (κ1) is 12.3. The third-order valence-electron chi connectivity index (χ3n) is 6.34. The van der Waals surface area contributed by atoms with Gasteiger partial charge < -0.3 is 5.11 Å². The molecule has 100 valence electrons. The van der Waals surface area contributed by atoms with Gasteiger partial charge in [-0.1, -0.05) is 19.9 Å². The van der Waals surface area contributed by atoms with Gasteiger partial charge in [0.2, 0.25) is 0 Å². The first-order chi connectivity index (χ1) is 8.34. The Balaban J connectivity index is 2.03. The van der Waals surface area contributed by atoms with Gasteiger partial charge in [0.05, 0.1) is 0 Å². The van der Waals surface area contributed by atoms with Crippen LogP contribution in [0.1, 0.15) is 52.9 Å². The molecule has 0 radical (unpaired) electrons. The van der Waals surface area contributed by atoms with Gasteiger partial charge in [0.25, 0.3) is 0 Å². The van der Waals surface area contributed by atoms with Crippen molar-refractivity contribution in [3.63, 3.8) is 0 Å². The Morgan fingerprint density at radius 3 is 2.22 bits per heavy atom. The van der Waals surface area contributed by atoms with Crippen molar-refractivity contribution in [2.24, 2.45) is 28.6 Å². The first-order valence-corrected chi connectivity index (χ1v) is 7.27. The van der Waals surface area contributed by atoms with Crippen molar-refractivity contribution in [3.05, 3.63) is 11.6 Å². The van der Waals surface area contributed by atoms with Crippen LogP contribution in [0.25, 0.3) is 0 Å². The van der Waals surface area contributed by atoms with Crippen LogP contribution >= 0.6 is 0 Å². The van der Waals surface area contributed by atoms with E-state index in [0.29, 0.717) is 5.57 Å². The fourth-order valence-corrected chi connectivity index (χ4v) is 5.31. The quantitative estimate of drug-likeness (QED) is 0.753. The Bertz CT molecular complexity index is 405. The Morgan fingerprint density at radius 1 is 1.17 bits per heavy atom. The van der Waals surface area contributed by atoms with Crippen LogP contribution in [0, 0.1) is 28.6 Å². The normalized spacial score (nSPS) is 45.3. The van der Waals surface area contributed by atoms with Crippen molar-refractivity contribution in [3.8, 4) is 0 Å². The molecule has 4 fully saturated rings. The third kappa shape index (κ3) is 1.50. The molecular formula is C16H24O2. The Morgan fingerprint density at radius 2 is 1.72 bits per heavy atom. The summed E-state index contributed by atoms with van der Waals surface area (Å²) in [6, 6.07) is 0. The van der Waals surface area contributed by atoms with Crippen molar-refractivity contribution in [2.45, 2.75) is 52.9 Å². The minimum atomic E-state index is -0.749. The molecule has 2 unspecified atom stereocenters. The van der Waals surface area contributed by atoms with Gasteiger partial charge in [-0.05, 0) is 67.6 Å². The maximum absolute atomic E-state index is 11.2. The van der Waals surface area contributed by atoms with Gasteiger partial charge in [-0.25, -0.2) is 4.79 Å². The molecule has 4 aliphatic rings. The molecule has 4 saturated carbocycles. The van der Waals surface area contributed by atoms with E-state index in [4.69, 9.17) is 0 Å². The average Bonchev–Trinajstić information content (AvgIpc) is 2.25. The molecule has 4 bridgehead atoms. The number of hydrogen-bond donors (Lipinski definition) is 1. The number of allylic oxidation sites excluding steroid dienone is 1. The maximum Gasteiger partial charge on any atom is 0.330 e. The van der Waals surface area contributed by atoms with E-state index in [1.54, 1.807) is 6.92 Å². The molecule has 0 aromatic carbocycles. The van der Waals surface area contributed by atoms with E-state index in [1.165, 1.54) is 32.1 Å². The van der Waals surface area contributed by atoms with Gasteiger partial charge in [-0.3, -0.25) is 0 Å². The lowest BCUT2D eigenvalue weighted by molar-refractivity contribution is -0.137. The molecule has 0 aromatic heterocycles. The molecule has 0 aromatic rings. The van der Waals surface area contributed by atoms with E-state index in [-0.39, 0.29) is 10.8 Å². The van der Waals surface area contributed by atoms with Crippen LogP contribution in [0.15, 0.2) is 11.6 Å². The molecule has 1 N–H and O–H groups in total. The largest absolute Gasteiger partial charge is 0.478 e. The summed E-state index contributed by atoms with van der Waals surface area (Å²) in [5.41, 5.74) is 0.978. The summed E-state index contributed by atoms with van der Waals surface area (Å²) < 4.78 is 0. The third-order valence-corrected chi connectivity index (χ3v) is 6.34. The molecule has 2 atom stereocenters. The number of aliphatic carboxylic acids is 1. The summed E-state index contributed by atoms with van der Waals surface area (Å²) >= 11 is 0. The molecule has 18 heavy (non-hydrogen) atoms. The molecule has 0 saturated heterocycles. The van der Waals surface area contributed by atoms with Crippen molar-refractivity contribution in [1.82, 2.24) is 0 Å². The molecule has 2 heteroatoms. The highest BCUT2D eigenvalue weighted by Crippen LogP contribution is 2.68. The minimum absolute atomic E-state index is 0.157. The van der Waals surface area contributed by atoms with Gasteiger partial charge >= 0.3 is 5.97 Å². The van der Waals surface area contributed by atoms with Crippen LogP contribution in [-0.2, 0) is 4.79 Å². The number of carbonyl (C=O) groups is 1. The highest BCUT2D eigenvalue weighted by molar-refractivity contribution is 5.86. The summed E-state index contributed by atoms with van der Waals surface area (Å²) in [4.78, 5) is 11.2. The molecular weight excluding hydrogens is 224 g/mol. The van der Waals surface area contributed by atoms with E-state index >= 15 is 0 Å². The fraction of sp³-hybridized carbons (Fsp3) is 0.812. The van der Waals surface area contributed by atoms with Gasteiger partial charge in [-0.2, -0.15) is 0 Å². The lowest BCUT2D eigenvalue weighted by Crippen LogP contribution is -2.56. The second-order valence-electron chi connectivity index (χ2n) is 7.55. The number of rotatable bonds is 2. The molecule has 4 rings (SSSR count). The van der Waals surface area contributed by atoms with E-state index < -0.39 is 5.97 Å². The topological polar surface area (TPSA) is 37.3 Å². The number of carboxylic acid groups (broad SMARTS) is 1. The standard InChI is InChI=1S/C16H24O2/c1-10(14(17)18)7-16-8-11-4-12(9-16)6-13(5-11)15(16,2)3/h7,11-13H,4-6,8-9H2,1-3H3,(H,17,18)/b10-7+. The van der Waals surface area contributed by atoms with Crippen molar-refractivity contribution in [2.75, 3.05) is 0 Å². The van der Waals surface area contributed by atoms with Gasteiger partial charge in [0.15, 0.2) is 0 Å². The molecule has 0 amide bonds. The molecule has 0 heterocycles. The zero-order chi connectivity index (χ0) is 13.1. The summed E-state index contributed by atoms with van der Waals surface area (Å²) in [5.74, 6) is 1.77. The lowest BCUT2D eigenvalue weighted by atomic mass is 9.39. The van der Waals surface area contributed by atoms with Crippen LogP contribution in [0.5, 0.6) is 0 Å². The second-order valence-corrected chi connectivity index (χ2v) is 7.55. The summed E-state index contributed by atoms with van der Waals surface area (Å²) in [5, 5.41) is 9.19. The highest BCUT2D eigenvalue weighted by Gasteiger charge is 2.60. The average molecular weight is 248 g/mol. The minimum Gasteiger partial charge on any atom is -0.478 e. The van der Waals surface area contributed by atoms with Gasteiger partial charge in [-0.15, -0.1) is 0 Å². The summed E-state index contributed by atoms with van der Waals surface area (Å²) in [6.45, 7) is 6.51. The predicted octanol–water partition coefficient (Wildman–Crippen LogP) is 3.87. The van der Waals surface area contributed by atoms with Crippen LogP contribution in [0.3, 0.4) is 0 Å². The molecule has 0 aliphatic heterocycles. The maximum atomic E-state index is 11.2. The Labute approximate surface area is 109 Å². The van der Waals surface area contributed by atoms with E-state index in [0.717, 1.165) is 17.8 Å². The number of hydrogen-bond acceptors (Lipinski definition) is 1. The number of carboxylic acids is 1. The van der Waals surface area contributed by atoms with E-state index in [9.17, 15) is 9.90 Å². The van der Waals surface area contributed by atoms with Crippen LogP contribution in [0.4, 0.5) is 0 Å². The second kappa shape index (κ2) is 3.61. The van der Waals surface area contributed by atoms with Crippen LogP contribution < -0.4 is 0 Å². The zero-order valence-electron chi connectivity index (χ0n) is 11.7. The Kier molecular flexibility index (Phi) is 2.46. The SMILES string of the molecule is C/C(=C\C12CC3CC(CC(C3)C1(C)C)C2)C(=O)O. The summed E-state index contributed by atoms with van der Waals surface area (Å²) in [6.07, 6.45) is 8.72. The predicted molar refractivity (Wildman–Crippen MR) is 71.2 cm³/mol. The van der Waals surface area contributed by atoms with Crippen LogP contribution in [0.2, 0.25) is 0 Å². The molecule has 2 nitrogen and oxygen atoms in total. The van der Waals surface area contributed by atoms with Gasteiger partial charge in [0, 0.05) is 5.57 Å². The van der Waals surface area contributed by atoms with Crippen molar-refractivity contribution < 1.29 is 9.90 Å². The first-order valence-electron chi connectivity index (χ1n) is 7.27. The zero-order valence-corrected chi connectivity index (χ0v) is 11.7. The van der Waals surface area contributed by atoms with Crippen molar-refractivity contribution >= 4 is 5.97 Å². The smallest absolute Gasteiger partial charge is 0.330 e. The highest BCUT2D eigenvalue weighted by atomic mass is 16.4. The van der Waals surface area contributed by atoms with Crippen molar-refractivity contribution in [1.29, 1.82) is 0 Å². The monoisotopic (exact) mass is 248 g/mol.